The lowest BCUT2D eigenvalue weighted by Gasteiger charge is -2.34. The zero-order valence-electron chi connectivity index (χ0n) is 11.9. The van der Waals surface area contributed by atoms with Crippen LogP contribution in [-0.4, -0.2) is 29.7 Å². The molecule has 1 heterocycles. The summed E-state index contributed by atoms with van der Waals surface area (Å²) >= 11 is 0. The van der Waals surface area contributed by atoms with Crippen molar-refractivity contribution in [2.24, 2.45) is 0 Å². The topological polar surface area (TPSA) is 75.8 Å². The molecule has 1 aliphatic heterocycles. The predicted octanol–water partition coefficient (Wildman–Crippen LogP) is 2.88. The molecule has 0 amide bonds. The Bertz CT molecular complexity index is 689. The maximum Gasteiger partial charge on any atom is 0.292 e. The van der Waals surface area contributed by atoms with Crippen LogP contribution in [-0.2, 0) is 4.74 Å². The van der Waals surface area contributed by atoms with Gasteiger partial charge >= 0.3 is 0 Å². The third-order valence-electron chi connectivity index (χ3n) is 3.73. The Morgan fingerprint density at radius 2 is 2.05 bits per heavy atom. The minimum absolute atomic E-state index is 0.0964. The van der Waals surface area contributed by atoms with Gasteiger partial charge < -0.3 is 14.7 Å². The van der Waals surface area contributed by atoms with E-state index < -0.39 is 0 Å². The summed E-state index contributed by atoms with van der Waals surface area (Å²) in [5.74, 6) is 0.184. The Hall–Kier alpha value is -2.60. The fourth-order valence-electron chi connectivity index (χ4n) is 2.68. The highest BCUT2D eigenvalue weighted by Crippen LogP contribution is 2.32. The first kappa shape index (κ1) is 14.3. The maximum absolute atomic E-state index is 11.2. The van der Waals surface area contributed by atoms with Crippen LogP contribution in [0.15, 0.2) is 48.5 Å². The van der Waals surface area contributed by atoms with Crippen molar-refractivity contribution in [3.8, 4) is 5.75 Å². The number of para-hydroxylation sites is 2. The van der Waals surface area contributed by atoms with Gasteiger partial charge in [0.1, 0.15) is 17.5 Å². The van der Waals surface area contributed by atoms with Crippen LogP contribution in [0.2, 0.25) is 0 Å². The van der Waals surface area contributed by atoms with E-state index in [1.54, 1.807) is 36.4 Å². The molecule has 2 aromatic carbocycles. The number of aromatic hydroxyl groups is 1. The lowest BCUT2D eigenvalue weighted by Crippen LogP contribution is -2.38. The normalized spacial score (nSPS) is 18.2. The van der Waals surface area contributed by atoms with Crippen LogP contribution in [0.5, 0.6) is 5.75 Å². The number of nitrogens with zero attached hydrogens (tertiary/aromatic N) is 2. The largest absolute Gasteiger partial charge is 0.508 e. The molecule has 0 bridgehead atoms. The van der Waals surface area contributed by atoms with Gasteiger partial charge in [-0.1, -0.05) is 24.3 Å². The SMILES string of the molecule is O=[N+]([O-])c1ccccc1N1CCO[C@@H](c2cccc(O)c2)C1. The van der Waals surface area contributed by atoms with E-state index >= 15 is 0 Å². The van der Waals surface area contributed by atoms with E-state index in [1.165, 1.54) is 6.07 Å². The lowest BCUT2D eigenvalue weighted by molar-refractivity contribution is -0.384. The first-order valence-corrected chi connectivity index (χ1v) is 7.04. The molecular weight excluding hydrogens is 284 g/mol. The van der Waals surface area contributed by atoms with Crippen LogP contribution in [0.1, 0.15) is 11.7 Å². The first-order chi connectivity index (χ1) is 10.6. The molecule has 1 fully saturated rings. The molecule has 0 aromatic heterocycles. The summed E-state index contributed by atoms with van der Waals surface area (Å²) in [6.07, 6.45) is -0.222. The Balaban J connectivity index is 1.86. The fourth-order valence-corrected chi connectivity index (χ4v) is 2.68. The number of anilines is 1. The minimum Gasteiger partial charge on any atom is -0.508 e. The number of morpholine rings is 1. The summed E-state index contributed by atoms with van der Waals surface area (Å²) < 4.78 is 5.75. The monoisotopic (exact) mass is 300 g/mol. The van der Waals surface area contributed by atoms with Gasteiger partial charge in [-0.05, 0) is 23.8 Å². The number of phenols is 1. The van der Waals surface area contributed by atoms with Crippen molar-refractivity contribution in [3.05, 3.63) is 64.2 Å². The number of ether oxygens (including phenoxy) is 1. The summed E-state index contributed by atoms with van der Waals surface area (Å²) in [5, 5.41) is 20.8. The van der Waals surface area contributed by atoms with E-state index in [0.29, 0.717) is 25.4 Å². The summed E-state index contributed by atoms with van der Waals surface area (Å²) in [6, 6.07) is 13.6. The standard InChI is InChI=1S/C16H16N2O4/c19-13-5-3-4-12(10-13)16-11-17(8-9-22-16)14-6-1-2-7-15(14)18(20)21/h1-7,10,16,19H,8-9,11H2/t16-/m1/s1. The predicted molar refractivity (Wildman–Crippen MR) is 82.1 cm³/mol. The number of hydrogen-bond acceptors (Lipinski definition) is 5. The molecule has 0 spiro atoms. The fraction of sp³-hybridized carbons (Fsp3) is 0.250. The van der Waals surface area contributed by atoms with Gasteiger partial charge in [0, 0.05) is 19.2 Å². The quantitative estimate of drug-likeness (QED) is 0.696. The van der Waals surface area contributed by atoms with E-state index in [4.69, 9.17) is 4.74 Å². The van der Waals surface area contributed by atoms with Gasteiger partial charge in [-0.25, -0.2) is 0 Å². The van der Waals surface area contributed by atoms with Crippen molar-refractivity contribution in [1.82, 2.24) is 0 Å². The lowest BCUT2D eigenvalue weighted by atomic mass is 10.1. The number of phenolic OH excluding ortho intramolecular Hbond substituents is 1. The highest BCUT2D eigenvalue weighted by atomic mass is 16.6. The maximum atomic E-state index is 11.2. The summed E-state index contributed by atoms with van der Waals surface area (Å²) in [5.41, 5.74) is 1.56. The second kappa shape index (κ2) is 6.03. The summed E-state index contributed by atoms with van der Waals surface area (Å²) in [6.45, 7) is 1.58. The molecule has 1 saturated heterocycles. The van der Waals surface area contributed by atoms with E-state index in [9.17, 15) is 15.2 Å². The van der Waals surface area contributed by atoms with Crippen molar-refractivity contribution in [3.63, 3.8) is 0 Å². The second-order valence-corrected chi connectivity index (χ2v) is 5.15. The molecule has 22 heavy (non-hydrogen) atoms. The van der Waals surface area contributed by atoms with E-state index in [2.05, 4.69) is 0 Å². The van der Waals surface area contributed by atoms with Crippen molar-refractivity contribution in [1.29, 1.82) is 0 Å². The van der Waals surface area contributed by atoms with Crippen LogP contribution < -0.4 is 4.90 Å². The minimum atomic E-state index is -0.367. The average molecular weight is 300 g/mol. The smallest absolute Gasteiger partial charge is 0.292 e. The molecule has 114 valence electrons. The Morgan fingerprint density at radius 3 is 2.82 bits per heavy atom. The van der Waals surface area contributed by atoms with E-state index in [0.717, 1.165) is 5.56 Å². The third kappa shape index (κ3) is 2.87. The third-order valence-corrected chi connectivity index (χ3v) is 3.73. The first-order valence-electron chi connectivity index (χ1n) is 7.04. The van der Waals surface area contributed by atoms with Crippen LogP contribution >= 0.6 is 0 Å². The number of nitro groups is 1. The molecule has 1 aliphatic rings. The van der Waals surface area contributed by atoms with Gasteiger partial charge in [0.15, 0.2) is 0 Å². The van der Waals surface area contributed by atoms with Crippen molar-refractivity contribution >= 4 is 11.4 Å². The number of hydrogen-bond donors (Lipinski definition) is 1. The average Bonchev–Trinajstić information content (AvgIpc) is 2.55. The van der Waals surface area contributed by atoms with Crippen LogP contribution in [0.25, 0.3) is 0 Å². The molecule has 0 radical (unpaired) electrons. The molecule has 0 aliphatic carbocycles. The molecule has 0 saturated carbocycles. The van der Waals surface area contributed by atoms with Gasteiger partial charge in [-0.15, -0.1) is 0 Å². The van der Waals surface area contributed by atoms with Crippen LogP contribution in [0, 0.1) is 10.1 Å². The number of rotatable bonds is 3. The van der Waals surface area contributed by atoms with Crippen molar-refractivity contribution in [2.75, 3.05) is 24.6 Å². The highest BCUT2D eigenvalue weighted by Gasteiger charge is 2.26. The zero-order chi connectivity index (χ0) is 15.5. The summed E-state index contributed by atoms with van der Waals surface area (Å²) in [4.78, 5) is 12.8. The molecular formula is C16H16N2O4. The molecule has 1 N–H and O–H groups in total. The van der Waals surface area contributed by atoms with Gasteiger partial charge in [-0.2, -0.15) is 0 Å². The van der Waals surface area contributed by atoms with Gasteiger partial charge in [-0.3, -0.25) is 10.1 Å². The van der Waals surface area contributed by atoms with E-state index in [-0.39, 0.29) is 22.5 Å². The van der Waals surface area contributed by atoms with Crippen LogP contribution in [0.4, 0.5) is 11.4 Å². The highest BCUT2D eigenvalue weighted by molar-refractivity contribution is 5.63. The van der Waals surface area contributed by atoms with Crippen LogP contribution in [0.3, 0.4) is 0 Å². The number of benzene rings is 2. The molecule has 6 nitrogen and oxygen atoms in total. The summed E-state index contributed by atoms with van der Waals surface area (Å²) in [7, 11) is 0. The molecule has 3 rings (SSSR count). The molecule has 6 heteroatoms. The van der Waals surface area contributed by atoms with Crippen molar-refractivity contribution in [2.45, 2.75) is 6.10 Å². The van der Waals surface area contributed by atoms with Gasteiger partial charge in [0.2, 0.25) is 0 Å². The molecule has 0 unspecified atom stereocenters. The molecule has 2 aromatic rings. The Morgan fingerprint density at radius 1 is 1.23 bits per heavy atom. The Labute approximate surface area is 127 Å². The zero-order valence-corrected chi connectivity index (χ0v) is 11.9. The Kier molecular flexibility index (Phi) is 3.93. The number of nitro benzene ring substituents is 1. The van der Waals surface area contributed by atoms with Crippen molar-refractivity contribution < 1.29 is 14.8 Å². The van der Waals surface area contributed by atoms with Gasteiger partial charge in [0.25, 0.3) is 5.69 Å². The van der Waals surface area contributed by atoms with E-state index in [1.807, 2.05) is 11.0 Å². The molecule has 1 atom stereocenters. The second-order valence-electron chi connectivity index (χ2n) is 5.15. The van der Waals surface area contributed by atoms with Gasteiger partial charge in [0.05, 0.1) is 11.5 Å².